The van der Waals surface area contributed by atoms with Crippen molar-refractivity contribution in [3.05, 3.63) is 0 Å². The number of carbonyl (C=O) groups excluding carboxylic acids is 1. The lowest BCUT2D eigenvalue weighted by Gasteiger charge is -2.25. The standard InChI is InChI=1S/C13H24N2O3/c1-9(2)11(7-14)13(18)15-6-5-10(8-15)3-4-12(16)17/h9-11H,3-8,14H2,1-2H3,(H,16,17). The summed E-state index contributed by atoms with van der Waals surface area (Å²) in [7, 11) is 0. The lowest BCUT2D eigenvalue weighted by Crippen LogP contribution is -2.40. The van der Waals surface area contributed by atoms with Crippen LogP contribution in [0.15, 0.2) is 0 Å². The molecule has 1 aliphatic heterocycles. The van der Waals surface area contributed by atoms with Crippen LogP contribution in [0.25, 0.3) is 0 Å². The molecule has 0 radical (unpaired) electrons. The molecular weight excluding hydrogens is 232 g/mol. The van der Waals surface area contributed by atoms with Crippen LogP contribution in [-0.2, 0) is 9.59 Å². The third-order valence-electron chi connectivity index (χ3n) is 3.74. The van der Waals surface area contributed by atoms with Gasteiger partial charge in [0.05, 0.1) is 5.92 Å². The van der Waals surface area contributed by atoms with Crippen molar-refractivity contribution in [2.45, 2.75) is 33.1 Å². The van der Waals surface area contributed by atoms with Gasteiger partial charge in [0, 0.05) is 26.1 Å². The number of carboxylic acid groups (broad SMARTS) is 1. The third kappa shape index (κ3) is 3.98. The van der Waals surface area contributed by atoms with Gasteiger partial charge in [-0.1, -0.05) is 13.8 Å². The molecule has 2 unspecified atom stereocenters. The molecule has 0 aromatic carbocycles. The highest BCUT2D eigenvalue weighted by Gasteiger charge is 2.31. The van der Waals surface area contributed by atoms with E-state index in [0.717, 1.165) is 13.0 Å². The Morgan fingerprint density at radius 1 is 1.44 bits per heavy atom. The van der Waals surface area contributed by atoms with Crippen LogP contribution in [0.2, 0.25) is 0 Å². The average molecular weight is 256 g/mol. The topological polar surface area (TPSA) is 83.6 Å². The third-order valence-corrected chi connectivity index (χ3v) is 3.74. The smallest absolute Gasteiger partial charge is 0.303 e. The van der Waals surface area contributed by atoms with Crippen molar-refractivity contribution in [1.82, 2.24) is 4.90 Å². The van der Waals surface area contributed by atoms with Gasteiger partial charge in [-0.15, -0.1) is 0 Å². The fraction of sp³-hybridized carbons (Fsp3) is 0.846. The van der Waals surface area contributed by atoms with Crippen LogP contribution in [0.4, 0.5) is 0 Å². The number of nitrogens with zero attached hydrogens (tertiary/aromatic N) is 1. The van der Waals surface area contributed by atoms with Gasteiger partial charge in [0.25, 0.3) is 0 Å². The highest BCUT2D eigenvalue weighted by atomic mass is 16.4. The Kier molecular flexibility index (Phi) is 5.59. The summed E-state index contributed by atoms with van der Waals surface area (Å²) in [6.45, 7) is 5.83. The summed E-state index contributed by atoms with van der Waals surface area (Å²) < 4.78 is 0. The molecule has 1 aliphatic rings. The number of nitrogens with two attached hydrogens (primary N) is 1. The summed E-state index contributed by atoms with van der Waals surface area (Å²) in [6, 6.07) is 0. The van der Waals surface area contributed by atoms with Gasteiger partial charge >= 0.3 is 5.97 Å². The quantitative estimate of drug-likeness (QED) is 0.740. The SMILES string of the molecule is CC(C)C(CN)C(=O)N1CCC(CCC(=O)O)C1. The van der Waals surface area contributed by atoms with Gasteiger partial charge in [-0.3, -0.25) is 9.59 Å². The average Bonchev–Trinajstić information content (AvgIpc) is 2.75. The molecule has 0 bridgehead atoms. The maximum Gasteiger partial charge on any atom is 0.303 e. The van der Waals surface area contributed by atoms with Gasteiger partial charge in [0.1, 0.15) is 0 Å². The molecule has 0 aliphatic carbocycles. The Balaban J connectivity index is 2.45. The van der Waals surface area contributed by atoms with Crippen LogP contribution in [0, 0.1) is 17.8 Å². The number of aliphatic carboxylic acids is 1. The van der Waals surface area contributed by atoms with Crippen LogP contribution < -0.4 is 5.73 Å². The van der Waals surface area contributed by atoms with Crippen molar-refractivity contribution < 1.29 is 14.7 Å². The molecule has 0 aromatic heterocycles. The van der Waals surface area contributed by atoms with Gasteiger partial charge in [-0.25, -0.2) is 0 Å². The van der Waals surface area contributed by atoms with Crippen LogP contribution in [-0.4, -0.2) is 41.5 Å². The summed E-state index contributed by atoms with van der Waals surface area (Å²) in [6.07, 6.45) is 1.76. The molecule has 3 N–H and O–H groups in total. The van der Waals surface area contributed by atoms with Crippen molar-refractivity contribution in [3.8, 4) is 0 Å². The van der Waals surface area contributed by atoms with Crippen molar-refractivity contribution in [3.63, 3.8) is 0 Å². The van der Waals surface area contributed by atoms with Crippen LogP contribution in [0.5, 0.6) is 0 Å². The molecular formula is C13H24N2O3. The van der Waals surface area contributed by atoms with E-state index in [-0.39, 0.29) is 24.2 Å². The highest BCUT2D eigenvalue weighted by Crippen LogP contribution is 2.24. The Labute approximate surface area is 108 Å². The second-order valence-corrected chi connectivity index (χ2v) is 5.46. The zero-order valence-corrected chi connectivity index (χ0v) is 11.3. The fourth-order valence-corrected chi connectivity index (χ4v) is 2.49. The van der Waals surface area contributed by atoms with Gasteiger partial charge in [0.2, 0.25) is 5.91 Å². The van der Waals surface area contributed by atoms with E-state index >= 15 is 0 Å². The number of likely N-dealkylation sites (tertiary alicyclic amines) is 1. The molecule has 0 saturated carbocycles. The number of rotatable bonds is 6. The van der Waals surface area contributed by atoms with Gasteiger partial charge in [-0.2, -0.15) is 0 Å². The molecule has 1 saturated heterocycles. The van der Waals surface area contributed by atoms with E-state index in [2.05, 4.69) is 0 Å². The molecule has 5 heteroatoms. The predicted octanol–water partition coefficient (Wildman–Crippen LogP) is 0.931. The lowest BCUT2D eigenvalue weighted by atomic mass is 9.94. The minimum Gasteiger partial charge on any atom is -0.481 e. The van der Waals surface area contributed by atoms with E-state index in [0.29, 0.717) is 25.4 Å². The predicted molar refractivity (Wildman–Crippen MR) is 68.9 cm³/mol. The first kappa shape index (κ1) is 15.0. The van der Waals surface area contributed by atoms with E-state index in [1.165, 1.54) is 0 Å². The molecule has 0 aromatic rings. The van der Waals surface area contributed by atoms with Crippen molar-refractivity contribution >= 4 is 11.9 Å². The number of carboxylic acids is 1. The molecule has 104 valence electrons. The largest absolute Gasteiger partial charge is 0.481 e. The molecule has 18 heavy (non-hydrogen) atoms. The Hall–Kier alpha value is -1.10. The molecule has 1 heterocycles. The zero-order chi connectivity index (χ0) is 13.7. The summed E-state index contributed by atoms with van der Waals surface area (Å²) in [4.78, 5) is 24.6. The molecule has 1 fully saturated rings. The Bertz CT molecular complexity index is 305. The molecule has 1 rings (SSSR count). The van der Waals surface area contributed by atoms with E-state index in [9.17, 15) is 9.59 Å². The second kappa shape index (κ2) is 6.73. The number of hydrogen-bond acceptors (Lipinski definition) is 3. The first-order valence-corrected chi connectivity index (χ1v) is 6.66. The number of amides is 1. The Morgan fingerprint density at radius 2 is 2.11 bits per heavy atom. The normalized spacial score (nSPS) is 21.3. The van der Waals surface area contributed by atoms with Gasteiger partial charge in [0.15, 0.2) is 0 Å². The summed E-state index contributed by atoms with van der Waals surface area (Å²) in [5, 5.41) is 8.65. The molecule has 0 spiro atoms. The van der Waals surface area contributed by atoms with Crippen LogP contribution in [0.1, 0.15) is 33.1 Å². The fourth-order valence-electron chi connectivity index (χ4n) is 2.49. The first-order chi connectivity index (χ1) is 8.45. The molecule has 2 atom stereocenters. The monoisotopic (exact) mass is 256 g/mol. The minimum absolute atomic E-state index is 0.108. The van der Waals surface area contributed by atoms with E-state index < -0.39 is 5.97 Å². The summed E-state index contributed by atoms with van der Waals surface area (Å²) in [5.74, 6) is -0.161. The second-order valence-electron chi connectivity index (χ2n) is 5.46. The highest BCUT2D eigenvalue weighted by molar-refractivity contribution is 5.79. The number of carbonyl (C=O) groups is 2. The maximum atomic E-state index is 12.2. The van der Waals surface area contributed by atoms with Crippen LogP contribution >= 0.6 is 0 Å². The van der Waals surface area contributed by atoms with E-state index in [4.69, 9.17) is 10.8 Å². The van der Waals surface area contributed by atoms with E-state index in [1.807, 2.05) is 18.7 Å². The lowest BCUT2D eigenvalue weighted by molar-refractivity contribution is -0.137. The number of hydrogen-bond donors (Lipinski definition) is 2. The van der Waals surface area contributed by atoms with Gasteiger partial charge < -0.3 is 15.7 Å². The first-order valence-electron chi connectivity index (χ1n) is 6.66. The minimum atomic E-state index is -0.762. The van der Waals surface area contributed by atoms with E-state index in [1.54, 1.807) is 0 Å². The zero-order valence-electron chi connectivity index (χ0n) is 11.3. The van der Waals surface area contributed by atoms with Crippen molar-refractivity contribution in [1.29, 1.82) is 0 Å². The summed E-state index contributed by atoms with van der Waals surface area (Å²) in [5.41, 5.74) is 5.65. The Morgan fingerprint density at radius 3 is 2.61 bits per heavy atom. The van der Waals surface area contributed by atoms with Crippen molar-refractivity contribution in [2.75, 3.05) is 19.6 Å². The maximum absolute atomic E-state index is 12.2. The molecule has 5 nitrogen and oxygen atoms in total. The molecule has 1 amide bonds. The summed E-state index contributed by atoms with van der Waals surface area (Å²) >= 11 is 0. The van der Waals surface area contributed by atoms with Crippen LogP contribution in [0.3, 0.4) is 0 Å². The van der Waals surface area contributed by atoms with Crippen molar-refractivity contribution in [2.24, 2.45) is 23.5 Å². The van der Waals surface area contributed by atoms with Gasteiger partial charge in [-0.05, 0) is 24.7 Å².